The average molecular weight is 340 g/mol. The van der Waals surface area contributed by atoms with E-state index in [0.717, 1.165) is 11.4 Å². The zero-order valence-corrected chi connectivity index (χ0v) is 13.6. The van der Waals surface area contributed by atoms with E-state index in [-0.39, 0.29) is 24.8 Å². The van der Waals surface area contributed by atoms with Crippen LogP contribution in [0.4, 0.5) is 10.1 Å². The monoisotopic (exact) mass is 340 g/mol. The molecule has 3 rings (SSSR count). The number of amides is 1. The fraction of sp³-hybridized carbons (Fsp3) is 0.176. The van der Waals surface area contributed by atoms with E-state index in [0.29, 0.717) is 11.4 Å². The fourth-order valence-corrected chi connectivity index (χ4v) is 2.30. The molecule has 1 amide bonds. The van der Waals surface area contributed by atoms with Crippen molar-refractivity contribution in [3.05, 3.63) is 65.7 Å². The van der Waals surface area contributed by atoms with E-state index in [1.54, 1.807) is 29.8 Å². The summed E-state index contributed by atoms with van der Waals surface area (Å²) in [6, 6.07) is 13.7. The van der Waals surface area contributed by atoms with Gasteiger partial charge in [-0.3, -0.25) is 4.79 Å². The molecule has 7 nitrogen and oxygen atoms in total. The average Bonchev–Trinajstić information content (AvgIpc) is 3.05. The van der Waals surface area contributed by atoms with Gasteiger partial charge in [-0.25, -0.2) is 4.39 Å². The van der Waals surface area contributed by atoms with Gasteiger partial charge in [0, 0.05) is 17.8 Å². The van der Waals surface area contributed by atoms with Crippen molar-refractivity contribution in [3.63, 3.8) is 0 Å². The molecule has 1 aromatic heterocycles. The van der Waals surface area contributed by atoms with Crippen LogP contribution in [-0.4, -0.2) is 32.7 Å². The summed E-state index contributed by atoms with van der Waals surface area (Å²) in [4.78, 5) is 11.9. The van der Waals surface area contributed by atoms with Crippen molar-refractivity contribution in [3.8, 4) is 5.69 Å². The van der Waals surface area contributed by atoms with Crippen molar-refractivity contribution < 1.29 is 9.18 Å². The van der Waals surface area contributed by atoms with Crippen LogP contribution < -0.4 is 10.6 Å². The molecule has 0 unspecified atom stereocenters. The Morgan fingerprint density at radius 3 is 2.80 bits per heavy atom. The maximum atomic E-state index is 13.5. The minimum atomic E-state index is -0.333. The van der Waals surface area contributed by atoms with Crippen LogP contribution in [0, 0.1) is 12.7 Å². The molecule has 3 aromatic rings. The lowest BCUT2D eigenvalue weighted by atomic mass is 10.2. The Bertz CT molecular complexity index is 879. The maximum absolute atomic E-state index is 13.5. The van der Waals surface area contributed by atoms with Crippen LogP contribution in [0.3, 0.4) is 0 Å². The molecule has 2 N–H and O–H groups in total. The lowest BCUT2D eigenvalue weighted by Gasteiger charge is -2.10. The number of anilines is 1. The molecule has 0 aliphatic rings. The van der Waals surface area contributed by atoms with Crippen molar-refractivity contribution in [2.75, 3.05) is 11.9 Å². The second kappa shape index (κ2) is 7.52. The highest BCUT2D eigenvalue weighted by atomic mass is 19.1. The minimum Gasteiger partial charge on any atom is -0.376 e. The Hall–Kier alpha value is -3.29. The smallest absolute Gasteiger partial charge is 0.239 e. The zero-order valence-electron chi connectivity index (χ0n) is 13.6. The van der Waals surface area contributed by atoms with Gasteiger partial charge in [0.15, 0.2) is 5.82 Å². The van der Waals surface area contributed by atoms with Crippen LogP contribution in [0.5, 0.6) is 0 Å². The van der Waals surface area contributed by atoms with Crippen molar-refractivity contribution in [2.24, 2.45) is 0 Å². The van der Waals surface area contributed by atoms with Crippen molar-refractivity contribution in [1.82, 2.24) is 25.5 Å². The van der Waals surface area contributed by atoms with E-state index in [4.69, 9.17) is 0 Å². The number of nitrogens with one attached hydrogen (secondary N) is 2. The number of tetrazole rings is 1. The zero-order chi connectivity index (χ0) is 17.6. The van der Waals surface area contributed by atoms with Gasteiger partial charge in [0.2, 0.25) is 5.91 Å². The molecule has 8 heteroatoms. The molecule has 0 aliphatic heterocycles. The molecule has 0 spiro atoms. The molecule has 0 atom stereocenters. The van der Waals surface area contributed by atoms with Gasteiger partial charge in [0.25, 0.3) is 0 Å². The van der Waals surface area contributed by atoms with E-state index in [2.05, 4.69) is 26.2 Å². The molecule has 2 aromatic carbocycles. The number of aromatic nitrogens is 4. The van der Waals surface area contributed by atoms with E-state index in [1.807, 2.05) is 24.3 Å². The maximum Gasteiger partial charge on any atom is 0.239 e. The first-order valence-electron chi connectivity index (χ1n) is 7.73. The van der Waals surface area contributed by atoms with Crippen LogP contribution in [0.2, 0.25) is 0 Å². The predicted molar refractivity (Wildman–Crippen MR) is 90.6 cm³/mol. The Balaban J connectivity index is 1.56. The first kappa shape index (κ1) is 16.6. The van der Waals surface area contributed by atoms with Crippen molar-refractivity contribution in [1.29, 1.82) is 0 Å². The third kappa shape index (κ3) is 4.17. The van der Waals surface area contributed by atoms with Gasteiger partial charge >= 0.3 is 0 Å². The molecule has 0 bridgehead atoms. The Labute approximate surface area is 143 Å². The Morgan fingerprint density at radius 2 is 2.04 bits per heavy atom. The van der Waals surface area contributed by atoms with E-state index >= 15 is 0 Å². The summed E-state index contributed by atoms with van der Waals surface area (Å²) in [6.07, 6.45) is 0. The SMILES string of the molecule is Cc1nnnn1-c1cccc(NCC(=O)NCc2ccccc2F)c1. The van der Waals surface area contributed by atoms with Gasteiger partial charge in [-0.15, -0.1) is 5.10 Å². The Kier molecular flexibility index (Phi) is 4.98. The molecular formula is C17H17FN6O. The summed E-state index contributed by atoms with van der Waals surface area (Å²) >= 11 is 0. The van der Waals surface area contributed by atoms with Gasteiger partial charge in [0.1, 0.15) is 5.82 Å². The highest BCUT2D eigenvalue weighted by molar-refractivity contribution is 5.80. The topological polar surface area (TPSA) is 84.7 Å². The summed E-state index contributed by atoms with van der Waals surface area (Å²) < 4.78 is 15.1. The molecule has 1 heterocycles. The van der Waals surface area contributed by atoms with Crippen LogP contribution in [0.25, 0.3) is 5.69 Å². The van der Waals surface area contributed by atoms with Gasteiger partial charge in [-0.2, -0.15) is 4.68 Å². The highest BCUT2D eigenvalue weighted by Gasteiger charge is 2.06. The highest BCUT2D eigenvalue weighted by Crippen LogP contribution is 2.14. The quantitative estimate of drug-likeness (QED) is 0.715. The Morgan fingerprint density at radius 1 is 1.20 bits per heavy atom. The summed E-state index contributed by atoms with van der Waals surface area (Å²) in [6.45, 7) is 2.03. The van der Waals surface area contributed by atoms with Crippen LogP contribution in [0.1, 0.15) is 11.4 Å². The van der Waals surface area contributed by atoms with Crippen LogP contribution >= 0.6 is 0 Å². The molecule has 25 heavy (non-hydrogen) atoms. The van der Waals surface area contributed by atoms with Gasteiger partial charge in [0.05, 0.1) is 12.2 Å². The first-order valence-corrected chi connectivity index (χ1v) is 7.73. The summed E-state index contributed by atoms with van der Waals surface area (Å²) in [5.41, 5.74) is 2.00. The number of rotatable bonds is 6. The van der Waals surface area contributed by atoms with E-state index in [1.165, 1.54) is 6.07 Å². The summed E-state index contributed by atoms with van der Waals surface area (Å²) in [5.74, 6) is 0.104. The largest absolute Gasteiger partial charge is 0.376 e. The third-order valence-electron chi connectivity index (χ3n) is 3.60. The number of carbonyl (C=O) groups excluding carboxylic acids is 1. The molecule has 0 saturated carbocycles. The predicted octanol–water partition coefficient (Wildman–Crippen LogP) is 1.84. The number of benzene rings is 2. The normalized spacial score (nSPS) is 10.5. The second-order valence-electron chi connectivity index (χ2n) is 5.41. The van der Waals surface area contributed by atoms with Crippen molar-refractivity contribution in [2.45, 2.75) is 13.5 Å². The molecule has 0 saturated heterocycles. The molecule has 0 radical (unpaired) electrons. The third-order valence-corrected chi connectivity index (χ3v) is 3.60. The molecule has 0 fully saturated rings. The van der Waals surface area contributed by atoms with Crippen LogP contribution in [0.15, 0.2) is 48.5 Å². The second-order valence-corrected chi connectivity index (χ2v) is 5.41. The summed E-state index contributed by atoms with van der Waals surface area (Å²) in [5, 5.41) is 17.1. The molecular weight excluding hydrogens is 323 g/mol. The lowest BCUT2D eigenvalue weighted by Crippen LogP contribution is -2.29. The fourth-order valence-electron chi connectivity index (χ4n) is 2.30. The molecule has 128 valence electrons. The lowest BCUT2D eigenvalue weighted by molar-refractivity contribution is -0.119. The van der Waals surface area contributed by atoms with Crippen LogP contribution in [-0.2, 0) is 11.3 Å². The summed E-state index contributed by atoms with van der Waals surface area (Å²) in [7, 11) is 0. The standard InChI is InChI=1S/C17H17FN6O/c1-12-21-22-23-24(12)15-7-4-6-14(9-15)19-11-17(25)20-10-13-5-2-3-8-16(13)18/h2-9,19H,10-11H2,1H3,(H,20,25). The number of nitrogens with zero attached hydrogens (tertiary/aromatic N) is 4. The minimum absolute atomic E-state index is 0.0759. The van der Waals surface area contributed by atoms with Gasteiger partial charge in [-0.1, -0.05) is 24.3 Å². The number of hydrogen-bond acceptors (Lipinski definition) is 5. The van der Waals surface area contributed by atoms with E-state index < -0.39 is 0 Å². The van der Waals surface area contributed by atoms with Gasteiger partial charge < -0.3 is 10.6 Å². The number of aryl methyl sites for hydroxylation is 1. The van der Waals surface area contributed by atoms with Crippen molar-refractivity contribution >= 4 is 11.6 Å². The number of hydrogen-bond donors (Lipinski definition) is 2. The van der Waals surface area contributed by atoms with E-state index in [9.17, 15) is 9.18 Å². The first-order chi connectivity index (χ1) is 12.1. The number of halogens is 1. The molecule has 0 aliphatic carbocycles. The van der Waals surface area contributed by atoms with Gasteiger partial charge in [-0.05, 0) is 41.6 Å². The number of carbonyl (C=O) groups is 1.